The van der Waals surface area contributed by atoms with Gasteiger partial charge in [0.05, 0.1) is 5.92 Å². The topological polar surface area (TPSA) is 63.3 Å². The minimum atomic E-state index is -0.778. The smallest absolute Gasteiger partial charge is 0.307 e. The Labute approximate surface area is 67.0 Å². The fraction of sp³-hybridized carbons (Fsp3) is 0.833. The molecule has 10 heavy (non-hydrogen) atoms. The van der Waals surface area contributed by atoms with Gasteiger partial charge in [-0.3, -0.25) is 4.79 Å². The fourth-order valence-corrected chi connectivity index (χ4v) is 0.691. The quantitative estimate of drug-likeness (QED) is 0.653. The minimum absolute atomic E-state index is 0. The molecular weight excluding hydrogens is 154 g/mol. The molecule has 0 rings (SSSR count). The van der Waals surface area contributed by atoms with Crippen LogP contribution in [0.4, 0.5) is 0 Å². The number of carboxylic acid groups (broad SMARTS) is 1. The second kappa shape index (κ2) is 6.83. The Morgan fingerprint density at radius 1 is 1.70 bits per heavy atom. The van der Waals surface area contributed by atoms with Crippen LogP contribution < -0.4 is 5.73 Å². The number of hydrogen-bond donors (Lipinski definition) is 2. The van der Waals surface area contributed by atoms with E-state index in [0.717, 1.165) is 6.42 Å². The standard InChI is InChI=1S/C6H13NO2.ClH/c1-2-3-5(4-7)6(8)9;/h5H,2-4,7H2,1H3,(H,8,9);1H. The van der Waals surface area contributed by atoms with Crippen LogP contribution in [0.15, 0.2) is 0 Å². The predicted octanol–water partition coefficient (Wildman–Crippen LogP) is 0.868. The molecule has 0 aliphatic rings. The summed E-state index contributed by atoms with van der Waals surface area (Å²) in [5.74, 6) is -1.12. The summed E-state index contributed by atoms with van der Waals surface area (Å²) in [5.41, 5.74) is 5.18. The summed E-state index contributed by atoms with van der Waals surface area (Å²) in [5, 5.41) is 8.42. The van der Waals surface area contributed by atoms with Crippen molar-refractivity contribution in [3.8, 4) is 0 Å². The van der Waals surface area contributed by atoms with Gasteiger partial charge < -0.3 is 10.8 Å². The molecule has 0 aromatic carbocycles. The fourth-order valence-electron chi connectivity index (χ4n) is 0.691. The van der Waals surface area contributed by atoms with Crippen molar-refractivity contribution in [3.05, 3.63) is 0 Å². The Morgan fingerprint density at radius 3 is 2.30 bits per heavy atom. The summed E-state index contributed by atoms with van der Waals surface area (Å²) in [6.07, 6.45) is 1.57. The Hall–Kier alpha value is -0.280. The molecule has 0 saturated carbocycles. The van der Waals surface area contributed by atoms with Crippen LogP contribution >= 0.6 is 12.4 Å². The van der Waals surface area contributed by atoms with Crippen molar-refractivity contribution in [1.82, 2.24) is 0 Å². The Kier molecular flexibility index (Phi) is 8.48. The minimum Gasteiger partial charge on any atom is -0.481 e. The number of rotatable bonds is 4. The van der Waals surface area contributed by atoms with E-state index in [9.17, 15) is 4.79 Å². The van der Waals surface area contributed by atoms with E-state index in [0.29, 0.717) is 6.42 Å². The molecule has 4 heteroatoms. The van der Waals surface area contributed by atoms with Crippen molar-refractivity contribution in [1.29, 1.82) is 0 Å². The van der Waals surface area contributed by atoms with Gasteiger partial charge in [-0.05, 0) is 6.42 Å². The average Bonchev–Trinajstić information content (AvgIpc) is 1.82. The molecular formula is C6H14ClNO2. The number of carboxylic acids is 1. The number of halogens is 1. The SMILES string of the molecule is CCCC(CN)C(=O)O.Cl. The number of aliphatic carboxylic acids is 1. The van der Waals surface area contributed by atoms with Gasteiger partial charge in [-0.25, -0.2) is 0 Å². The van der Waals surface area contributed by atoms with Crippen LogP contribution in [-0.2, 0) is 4.79 Å². The largest absolute Gasteiger partial charge is 0.481 e. The highest BCUT2D eigenvalue weighted by Crippen LogP contribution is 2.03. The van der Waals surface area contributed by atoms with Crippen molar-refractivity contribution in [2.24, 2.45) is 11.7 Å². The normalized spacial score (nSPS) is 11.8. The van der Waals surface area contributed by atoms with Crippen LogP contribution in [0.25, 0.3) is 0 Å². The molecule has 0 fully saturated rings. The number of carbonyl (C=O) groups is 1. The molecule has 0 radical (unpaired) electrons. The van der Waals surface area contributed by atoms with Gasteiger partial charge in [0.1, 0.15) is 0 Å². The lowest BCUT2D eigenvalue weighted by Crippen LogP contribution is -2.22. The van der Waals surface area contributed by atoms with Crippen LogP contribution in [0.5, 0.6) is 0 Å². The lowest BCUT2D eigenvalue weighted by molar-refractivity contribution is -0.141. The molecule has 0 heterocycles. The molecule has 0 amide bonds. The van der Waals surface area contributed by atoms with E-state index in [2.05, 4.69) is 0 Å². The zero-order valence-corrected chi connectivity index (χ0v) is 6.86. The molecule has 0 aromatic heterocycles. The van der Waals surface area contributed by atoms with Crippen molar-refractivity contribution >= 4 is 18.4 Å². The van der Waals surface area contributed by atoms with Gasteiger partial charge in [-0.2, -0.15) is 0 Å². The molecule has 1 unspecified atom stereocenters. The maximum absolute atomic E-state index is 10.2. The zero-order chi connectivity index (χ0) is 7.28. The summed E-state index contributed by atoms with van der Waals surface area (Å²) in [4.78, 5) is 10.2. The first-order valence-corrected chi connectivity index (χ1v) is 3.15. The average molecular weight is 168 g/mol. The second-order valence-electron chi connectivity index (χ2n) is 2.06. The first kappa shape index (κ1) is 12.4. The number of hydrogen-bond acceptors (Lipinski definition) is 2. The second-order valence-corrected chi connectivity index (χ2v) is 2.06. The zero-order valence-electron chi connectivity index (χ0n) is 6.04. The Balaban J connectivity index is 0. The lowest BCUT2D eigenvalue weighted by Gasteiger charge is -2.05. The van der Waals surface area contributed by atoms with Gasteiger partial charge in [0.25, 0.3) is 0 Å². The molecule has 0 saturated heterocycles. The third-order valence-electron chi connectivity index (χ3n) is 1.27. The van der Waals surface area contributed by atoms with E-state index in [1.54, 1.807) is 0 Å². The molecule has 0 aliphatic heterocycles. The van der Waals surface area contributed by atoms with Gasteiger partial charge >= 0.3 is 5.97 Å². The Bertz CT molecular complexity index is 97.7. The highest BCUT2D eigenvalue weighted by molar-refractivity contribution is 5.85. The van der Waals surface area contributed by atoms with E-state index in [4.69, 9.17) is 10.8 Å². The molecule has 62 valence electrons. The van der Waals surface area contributed by atoms with E-state index in [1.165, 1.54) is 0 Å². The van der Waals surface area contributed by atoms with E-state index < -0.39 is 5.97 Å². The van der Waals surface area contributed by atoms with Crippen LogP contribution in [0, 0.1) is 5.92 Å². The first-order chi connectivity index (χ1) is 4.22. The maximum Gasteiger partial charge on any atom is 0.307 e. The van der Waals surface area contributed by atoms with Crippen LogP contribution in [-0.4, -0.2) is 17.6 Å². The summed E-state index contributed by atoms with van der Waals surface area (Å²) in [7, 11) is 0. The van der Waals surface area contributed by atoms with Crippen molar-refractivity contribution < 1.29 is 9.90 Å². The summed E-state index contributed by atoms with van der Waals surface area (Å²) in [6.45, 7) is 2.20. The van der Waals surface area contributed by atoms with Gasteiger partial charge in [0.15, 0.2) is 0 Å². The highest BCUT2D eigenvalue weighted by Gasteiger charge is 2.12. The number of nitrogens with two attached hydrogens (primary N) is 1. The Morgan fingerprint density at radius 2 is 2.20 bits per heavy atom. The molecule has 0 aliphatic carbocycles. The van der Waals surface area contributed by atoms with Gasteiger partial charge in [-0.15, -0.1) is 12.4 Å². The van der Waals surface area contributed by atoms with Gasteiger partial charge in [-0.1, -0.05) is 13.3 Å². The van der Waals surface area contributed by atoms with E-state index in [1.807, 2.05) is 6.92 Å². The molecule has 3 N–H and O–H groups in total. The van der Waals surface area contributed by atoms with E-state index in [-0.39, 0.29) is 24.9 Å². The maximum atomic E-state index is 10.2. The predicted molar refractivity (Wildman–Crippen MR) is 42.3 cm³/mol. The van der Waals surface area contributed by atoms with Crippen LogP contribution in [0.2, 0.25) is 0 Å². The van der Waals surface area contributed by atoms with Crippen LogP contribution in [0.3, 0.4) is 0 Å². The molecule has 0 spiro atoms. The summed E-state index contributed by atoms with van der Waals surface area (Å²) >= 11 is 0. The van der Waals surface area contributed by atoms with E-state index >= 15 is 0 Å². The van der Waals surface area contributed by atoms with Crippen molar-refractivity contribution in [2.75, 3.05) is 6.54 Å². The monoisotopic (exact) mass is 167 g/mol. The van der Waals surface area contributed by atoms with Crippen molar-refractivity contribution in [2.45, 2.75) is 19.8 Å². The molecule has 0 bridgehead atoms. The lowest BCUT2D eigenvalue weighted by atomic mass is 10.1. The molecule has 0 aromatic rings. The highest BCUT2D eigenvalue weighted by atomic mass is 35.5. The first-order valence-electron chi connectivity index (χ1n) is 3.15. The van der Waals surface area contributed by atoms with Gasteiger partial charge in [0, 0.05) is 6.54 Å². The summed E-state index contributed by atoms with van der Waals surface area (Å²) < 4.78 is 0. The third kappa shape index (κ3) is 4.58. The van der Waals surface area contributed by atoms with Crippen molar-refractivity contribution in [3.63, 3.8) is 0 Å². The summed E-state index contributed by atoms with van der Waals surface area (Å²) in [6, 6.07) is 0. The molecule has 3 nitrogen and oxygen atoms in total. The molecule has 1 atom stereocenters. The third-order valence-corrected chi connectivity index (χ3v) is 1.27. The van der Waals surface area contributed by atoms with Crippen LogP contribution in [0.1, 0.15) is 19.8 Å². The van der Waals surface area contributed by atoms with Gasteiger partial charge in [0.2, 0.25) is 0 Å².